The molecule has 0 aliphatic heterocycles. The highest BCUT2D eigenvalue weighted by Crippen LogP contribution is 2.03. The first-order valence-electron chi connectivity index (χ1n) is 6.20. The predicted octanol–water partition coefficient (Wildman–Crippen LogP) is 1.37. The molecule has 0 saturated carbocycles. The first-order chi connectivity index (χ1) is 9.25. The molecule has 1 heterocycles. The van der Waals surface area contributed by atoms with Crippen molar-refractivity contribution in [3.05, 3.63) is 52.5 Å². The first kappa shape index (κ1) is 13.7. The zero-order chi connectivity index (χ0) is 13.5. The van der Waals surface area contributed by atoms with Crippen molar-refractivity contribution >= 4 is 17.2 Å². The molecule has 2 aromatic rings. The molecule has 5 heteroatoms. The summed E-state index contributed by atoms with van der Waals surface area (Å²) in [5.74, 6) is -0.112. The van der Waals surface area contributed by atoms with Crippen LogP contribution in [0.2, 0.25) is 0 Å². The highest BCUT2D eigenvalue weighted by Gasteiger charge is 2.13. The van der Waals surface area contributed by atoms with Gasteiger partial charge < -0.3 is 11.1 Å². The van der Waals surface area contributed by atoms with Crippen molar-refractivity contribution < 1.29 is 4.79 Å². The molecule has 1 aromatic carbocycles. The van der Waals surface area contributed by atoms with Crippen molar-refractivity contribution in [2.45, 2.75) is 18.9 Å². The van der Waals surface area contributed by atoms with Gasteiger partial charge in [0.05, 0.1) is 17.2 Å². The van der Waals surface area contributed by atoms with Crippen molar-refractivity contribution in [1.29, 1.82) is 0 Å². The van der Waals surface area contributed by atoms with E-state index in [9.17, 15) is 4.79 Å². The van der Waals surface area contributed by atoms with Crippen LogP contribution in [0.3, 0.4) is 0 Å². The molecule has 19 heavy (non-hydrogen) atoms. The van der Waals surface area contributed by atoms with Gasteiger partial charge in [0.15, 0.2) is 0 Å². The summed E-state index contributed by atoms with van der Waals surface area (Å²) in [5.41, 5.74) is 9.75. The predicted molar refractivity (Wildman–Crippen MR) is 76.9 cm³/mol. The third kappa shape index (κ3) is 4.46. The Balaban J connectivity index is 1.73. The van der Waals surface area contributed by atoms with Gasteiger partial charge in [-0.2, -0.15) is 0 Å². The molecule has 0 saturated heterocycles. The molecule has 1 aromatic heterocycles. The average molecular weight is 275 g/mol. The normalized spacial score (nSPS) is 12.1. The van der Waals surface area contributed by atoms with Crippen LogP contribution in [0.5, 0.6) is 0 Å². The summed E-state index contributed by atoms with van der Waals surface area (Å²) in [4.78, 5) is 16.0. The maximum atomic E-state index is 11.8. The second-order valence-corrected chi connectivity index (χ2v) is 5.04. The standard InChI is InChI=1S/C14H17N3OS/c15-13(8-11-4-2-1-3-5-11)14(18)16-7-6-12-9-19-10-17-12/h1-5,9-10,13H,6-8,15H2,(H,16,18)/t13-/m0/s1. The molecule has 100 valence electrons. The number of nitrogens with one attached hydrogen (secondary N) is 1. The van der Waals surface area contributed by atoms with Gasteiger partial charge in [-0.15, -0.1) is 11.3 Å². The number of nitrogens with zero attached hydrogens (tertiary/aromatic N) is 1. The van der Waals surface area contributed by atoms with E-state index in [1.165, 1.54) is 0 Å². The van der Waals surface area contributed by atoms with Gasteiger partial charge in [-0.25, -0.2) is 4.98 Å². The van der Waals surface area contributed by atoms with E-state index in [0.29, 0.717) is 13.0 Å². The van der Waals surface area contributed by atoms with Crippen LogP contribution in [-0.2, 0) is 17.6 Å². The number of nitrogens with two attached hydrogens (primary N) is 1. The lowest BCUT2D eigenvalue weighted by Crippen LogP contribution is -2.42. The van der Waals surface area contributed by atoms with Crippen LogP contribution in [0.25, 0.3) is 0 Å². The fraction of sp³-hybridized carbons (Fsp3) is 0.286. The second kappa shape index (κ2) is 7.01. The summed E-state index contributed by atoms with van der Waals surface area (Å²) in [6.45, 7) is 0.574. The van der Waals surface area contributed by atoms with Crippen LogP contribution in [-0.4, -0.2) is 23.5 Å². The number of aromatic nitrogens is 1. The number of carbonyl (C=O) groups excluding carboxylic acids is 1. The summed E-state index contributed by atoms with van der Waals surface area (Å²) >= 11 is 1.56. The number of amides is 1. The Bertz CT molecular complexity index is 499. The Labute approximate surface area is 116 Å². The second-order valence-electron chi connectivity index (χ2n) is 4.32. The minimum atomic E-state index is -0.502. The van der Waals surface area contributed by atoms with E-state index in [2.05, 4.69) is 10.3 Å². The Kier molecular flexibility index (Phi) is 5.06. The summed E-state index contributed by atoms with van der Waals surface area (Å²) in [6.07, 6.45) is 1.30. The summed E-state index contributed by atoms with van der Waals surface area (Å²) in [7, 11) is 0. The lowest BCUT2D eigenvalue weighted by Gasteiger charge is -2.11. The highest BCUT2D eigenvalue weighted by atomic mass is 32.1. The SMILES string of the molecule is N[C@@H](Cc1ccccc1)C(=O)NCCc1cscn1. The highest BCUT2D eigenvalue weighted by molar-refractivity contribution is 7.07. The number of carbonyl (C=O) groups is 1. The van der Waals surface area contributed by atoms with Gasteiger partial charge in [0, 0.05) is 18.3 Å². The molecule has 4 nitrogen and oxygen atoms in total. The molecule has 0 unspecified atom stereocenters. The van der Waals surface area contributed by atoms with Gasteiger partial charge in [-0.3, -0.25) is 4.79 Å². The smallest absolute Gasteiger partial charge is 0.237 e. The molecule has 3 N–H and O–H groups in total. The minimum absolute atomic E-state index is 0.112. The number of thiazole rings is 1. The van der Waals surface area contributed by atoms with Gasteiger partial charge in [-0.1, -0.05) is 30.3 Å². The zero-order valence-corrected chi connectivity index (χ0v) is 11.4. The lowest BCUT2D eigenvalue weighted by atomic mass is 10.1. The van der Waals surface area contributed by atoms with Crippen molar-refractivity contribution in [3.8, 4) is 0 Å². The molecular formula is C14H17N3OS. The van der Waals surface area contributed by atoms with Crippen LogP contribution in [0, 0.1) is 0 Å². The molecule has 0 spiro atoms. The lowest BCUT2D eigenvalue weighted by molar-refractivity contribution is -0.122. The number of hydrogen-bond donors (Lipinski definition) is 2. The average Bonchev–Trinajstić information content (AvgIpc) is 2.93. The molecule has 1 atom stereocenters. The van der Waals surface area contributed by atoms with Crippen LogP contribution in [0.15, 0.2) is 41.2 Å². The Hall–Kier alpha value is -1.72. The molecule has 1 amide bonds. The number of rotatable bonds is 6. The quantitative estimate of drug-likeness (QED) is 0.836. The number of hydrogen-bond acceptors (Lipinski definition) is 4. The van der Waals surface area contributed by atoms with E-state index in [4.69, 9.17) is 5.73 Å². The molecular weight excluding hydrogens is 258 g/mol. The van der Waals surface area contributed by atoms with Gasteiger partial charge in [0.1, 0.15) is 0 Å². The van der Waals surface area contributed by atoms with E-state index in [1.54, 1.807) is 16.8 Å². The summed E-state index contributed by atoms with van der Waals surface area (Å²) in [5, 5.41) is 4.82. The topological polar surface area (TPSA) is 68.0 Å². The fourth-order valence-electron chi connectivity index (χ4n) is 1.77. The van der Waals surface area contributed by atoms with E-state index < -0.39 is 6.04 Å². The van der Waals surface area contributed by atoms with E-state index in [0.717, 1.165) is 17.7 Å². The van der Waals surface area contributed by atoms with Crippen molar-refractivity contribution in [1.82, 2.24) is 10.3 Å². The molecule has 0 radical (unpaired) electrons. The van der Waals surface area contributed by atoms with Crippen molar-refractivity contribution in [2.75, 3.05) is 6.54 Å². The minimum Gasteiger partial charge on any atom is -0.354 e. The molecule has 0 bridgehead atoms. The van der Waals surface area contributed by atoms with E-state index in [1.807, 2.05) is 35.7 Å². The monoisotopic (exact) mass is 275 g/mol. The third-order valence-electron chi connectivity index (χ3n) is 2.80. The first-order valence-corrected chi connectivity index (χ1v) is 7.14. The van der Waals surface area contributed by atoms with Crippen LogP contribution < -0.4 is 11.1 Å². The van der Waals surface area contributed by atoms with E-state index >= 15 is 0 Å². The van der Waals surface area contributed by atoms with Crippen molar-refractivity contribution in [3.63, 3.8) is 0 Å². The van der Waals surface area contributed by atoms with Crippen molar-refractivity contribution in [2.24, 2.45) is 5.73 Å². The van der Waals surface area contributed by atoms with Crippen LogP contribution in [0.1, 0.15) is 11.3 Å². The maximum absolute atomic E-state index is 11.8. The van der Waals surface area contributed by atoms with Gasteiger partial charge in [-0.05, 0) is 12.0 Å². The van der Waals surface area contributed by atoms with Gasteiger partial charge in [0.2, 0.25) is 5.91 Å². The van der Waals surface area contributed by atoms with E-state index in [-0.39, 0.29) is 5.91 Å². The summed E-state index contributed by atoms with van der Waals surface area (Å²) in [6, 6.07) is 9.29. The van der Waals surface area contributed by atoms with Crippen LogP contribution in [0.4, 0.5) is 0 Å². The van der Waals surface area contributed by atoms with Crippen LogP contribution >= 0.6 is 11.3 Å². The third-order valence-corrected chi connectivity index (χ3v) is 3.43. The molecule has 0 aliphatic rings. The zero-order valence-electron chi connectivity index (χ0n) is 10.6. The maximum Gasteiger partial charge on any atom is 0.237 e. The molecule has 0 fully saturated rings. The Morgan fingerprint density at radius 1 is 1.37 bits per heavy atom. The van der Waals surface area contributed by atoms with Gasteiger partial charge >= 0.3 is 0 Å². The van der Waals surface area contributed by atoms with Gasteiger partial charge in [0.25, 0.3) is 0 Å². The molecule has 2 rings (SSSR count). The Morgan fingerprint density at radius 3 is 2.84 bits per heavy atom. The number of benzene rings is 1. The molecule has 0 aliphatic carbocycles. The Morgan fingerprint density at radius 2 is 2.16 bits per heavy atom. The fourth-order valence-corrected chi connectivity index (χ4v) is 2.36. The summed E-state index contributed by atoms with van der Waals surface area (Å²) < 4.78 is 0. The largest absolute Gasteiger partial charge is 0.354 e.